The third-order valence-electron chi connectivity index (χ3n) is 4.02. The summed E-state index contributed by atoms with van der Waals surface area (Å²) >= 11 is 0. The fraction of sp³-hybridized carbons (Fsp3) is 0.600. The van der Waals surface area contributed by atoms with E-state index in [1.54, 1.807) is 13.2 Å². The molecular formula is C15H22FNO2. The zero-order chi connectivity index (χ0) is 13.8. The molecule has 106 valence electrons. The summed E-state index contributed by atoms with van der Waals surface area (Å²) in [5.74, 6) is 0.988. The van der Waals surface area contributed by atoms with Crippen molar-refractivity contribution in [3.8, 4) is 11.5 Å². The molecular weight excluding hydrogens is 245 g/mol. The van der Waals surface area contributed by atoms with Gasteiger partial charge in [-0.2, -0.15) is 0 Å². The number of nitrogens with two attached hydrogens (primary N) is 1. The zero-order valence-electron chi connectivity index (χ0n) is 11.6. The fourth-order valence-electron chi connectivity index (χ4n) is 2.87. The highest BCUT2D eigenvalue weighted by atomic mass is 19.1. The van der Waals surface area contributed by atoms with Gasteiger partial charge in [0.15, 0.2) is 11.5 Å². The van der Waals surface area contributed by atoms with E-state index in [4.69, 9.17) is 15.2 Å². The number of halogens is 1. The van der Waals surface area contributed by atoms with E-state index >= 15 is 0 Å². The topological polar surface area (TPSA) is 44.5 Å². The van der Waals surface area contributed by atoms with Crippen molar-refractivity contribution in [2.45, 2.75) is 38.1 Å². The standard InChI is InChI=1S/C15H22FNO2/c1-18-13-8-11(12(16)9-14(13)19-2)15(17)10-6-4-3-5-7-10/h8-10,15H,3-7,17H2,1-2H3. The maximum Gasteiger partial charge on any atom is 0.163 e. The Morgan fingerprint density at radius 3 is 2.26 bits per heavy atom. The maximum absolute atomic E-state index is 14.1. The van der Waals surface area contributed by atoms with Gasteiger partial charge in [0.1, 0.15) is 5.82 Å². The van der Waals surface area contributed by atoms with Crippen LogP contribution in [0.2, 0.25) is 0 Å². The molecule has 3 nitrogen and oxygen atoms in total. The first-order chi connectivity index (χ1) is 9.17. The van der Waals surface area contributed by atoms with Gasteiger partial charge in [-0.25, -0.2) is 4.39 Å². The highest BCUT2D eigenvalue weighted by Gasteiger charge is 2.25. The number of benzene rings is 1. The second-order valence-electron chi connectivity index (χ2n) is 5.15. The molecule has 1 aliphatic rings. The summed E-state index contributed by atoms with van der Waals surface area (Å²) in [6.07, 6.45) is 5.79. The van der Waals surface area contributed by atoms with Crippen molar-refractivity contribution in [3.63, 3.8) is 0 Å². The molecule has 2 N–H and O–H groups in total. The highest BCUT2D eigenvalue weighted by Crippen LogP contribution is 2.37. The van der Waals surface area contributed by atoms with Gasteiger partial charge in [-0.15, -0.1) is 0 Å². The van der Waals surface area contributed by atoms with E-state index in [9.17, 15) is 4.39 Å². The lowest BCUT2D eigenvalue weighted by Gasteiger charge is -2.28. The minimum atomic E-state index is -0.310. The van der Waals surface area contributed by atoms with Crippen molar-refractivity contribution in [2.24, 2.45) is 11.7 Å². The Kier molecular flexibility index (Phi) is 4.64. The van der Waals surface area contributed by atoms with Crippen LogP contribution in [-0.4, -0.2) is 14.2 Å². The molecule has 19 heavy (non-hydrogen) atoms. The summed E-state index contributed by atoms with van der Waals surface area (Å²) in [7, 11) is 3.05. The smallest absolute Gasteiger partial charge is 0.163 e. The Balaban J connectivity index is 2.27. The van der Waals surface area contributed by atoms with Gasteiger partial charge in [-0.3, -0.25) is 0 Å². The van der Waals surface area contributed by atoms with Crippen molar-refractivity contribution in [1.29, 1.82) is 0 Å². The van der Waals surface area contributed by atoms with E-state index in [1.165, 1.54) is 32.4 Å². The van der Waals surface area contributed by atoms with Crippen LogP contribution in [0.5, 0.6) is 11.5 Å². The van der Waals surface area contributed by atoms with Gasteiger partial charge in [0, 0.05) is 17.7 Å². The van der Waals surface area contributed by atoms with Crippen molar-refractivity contribution < 1.29 is 13.9 Å². The molecule has 1 saturated carbocycles. The first kappa shape index (κ1) is 14.1. The van der Waals surface area contributed by atoms with Gasteiger partial charge in [-0.05, 0) is 24.8 Å². The molecule has 0 heterocycles. The van der Waals surface area contributed by atoms with Crippen LogP contribution in [0, 0.1) is 11.7 Å². The number of rotatable bonds is 4. The Morgan fingerprint density at radius 1 is 1.11 bits per heavy atom. The summed E-state index contributed by atoms with van der Waals surface area (Å²) in [6.45, 7) is 0. The Bertz CT molecular complexity index is 430. The third kappa shape index (κ3) is 3.00. The molecule has 0 aliphatic heterocycles. The van der Waals surface area contributed by atoms with Crippen LogP contribution in [0.1, 0.15) is 43.7 Å². The van der Waals surface area contributed by atoms with Crippen molar-refractivity contribution in [3.05, 3.63) is 23.5 Å². The summed E-state index contributed by atoms with van der Waals surface area (Å²) < 4.78 is 24.5. The molecule has 2 rings (SSSR count). The van der Waals surface area contributed by atoms with Gasteiger partial charge < -0.3 is 15.2 Å². The number of ether oxygens (including phenoxy) is 2. The summed E-state index contributed by atoms with van der Waals surface area (Å²) in [6, 6.07) is 2.77. The fourth-order valence-corrected chi connectivity index (χ4v) is 2.87. The molecule has 1 aliphatic carbocycles. The minimum absolute atomic E-state index is 0.264. The third-order valence-corrected chi connectivity index (χ3v) is 4.02. The van der Waals surface area contributed by atoms with E-state index < -0.39 is 0 Å². The maximum atomic E-state index is 14.1. The molecule has 1 atom stereocenters. The molecule has 1 unspecified atom stereocenters. The molecule has 0 saturated heterocycles. The number of methoxy groups -OCH3 is 2. The highest BCUT2D eigenvalue weighted by molar-refractivity contribution is 5.44. The molecule has 0 bridgehead atoms. The second kappa shape index (κ2) is 6.24. The monoisotopic (exact) mass is 267 g/mol. The first-order valence-electron chi connectivity index (χ1n) is 6.84. The van der Waals surface area contributed by atoms with Crippen LogP contribution < -0.4 is 15.2 Å². The number of hydrogen-bond donors (Lipinski definition) is 1. The zero-order valence-corrected chi connectivity index (χ0v) is 11.6. The number of hydrogen-bond acceptors (Lipinski definition) is 3. The predicted molar refractivity (Wildman–Crippen MR) is 73.0 cm³/mol. The van der Waals surface area contributed by atoms with Crippen LogP contribution in [0.25, 0.3) is 0 Å². The lowest BCUT2D eigenvalue weighted by Crippen LogP contribution is -2.24. The van der Waals surface area contributed by atoms with E-state index in [1.807, 2.05) is 0 Å². The van der Waals surface area contributed by atoms with E-state index in [0.717, 1.165) is 12.8 Å². The Morgan fingerprint density at radius 2 is 1.68 bits per heavy atom. The molecule has 1 aromatic carbocycles. The first-order valence-corrected chi connectivity index (χ1v) is 6.84. The Hall–Kier alpha value is -1.29. The van der Waals surface area contributed by atoms with Crippen LogP contribution in [-0.2, 0) is 0 Å². The van der Waals surface area contributed by atoms with Crippen LogP contribution in [0.3, 0.4) is 0 Å². The normalized spacial score (nSPS) is 18.1. The molecule has 4 heteroatoms. The summed E-state index contributed by atoms with van der Waals surface area (Å²) in [4.78, 5) is 0. The van der Waals surface area contributed by atoms with Gasteiger partial charge in [0.25, 0.3) is 0 Å². The lowest BCUT2D eigenvalue weighted by molar-refractivity contribution is 0.301. The van der Waals surface area contributed by atoms with Gasteiger partial charge in [-0.1, -0.05) is 19.3 Å². The van der Waals surface area contributed by atoms with Gasteiger partial charge in [0.05, 0.1) is 14.2 Å². The predicted octanol–water partition coefficient (Wildman–Crippen LogP) is 3.42. The molecule has 1 aromatic rings. The average Bonchev–Trinajstić information content (AvgIpc) is 2.47. The molecule has 0 spiro atoms. The van der Waals surface area contributed by atoms with Crippen LogP contribution >= 0.6 is 0 Å². The Labute approximate surface area is 113 Å². The van der Waals surface area contributed by atoms with Crippen molar-refractivity contribution in [2.75, 3.05) is 14.2 Å². The van der Waals surface area contributed by atoms with Crippen molar-refractivity contribution in [1.82, 2.24) is 0 Å². The quantitative estimate of drug-likeness (QED) is 0.909. The second-order valence-corrected chi connectivity index (χ2v) is 5.15. The molecule has 0 radical (unpaired) electrons. The SMILES string of the molecule is COc1cc(F)c(C(N)C2CCCCC2)cc1OC. The molecule has 0 amide bonds. The summed E-state index contributed by atoms with van der Waals surface area (Å²) in [5.41, 5.74) is 6.78. The van der Waals surface area contributed by atoms with Gasteiger partial charge in [0.2, 0.25) is 0 Å². The average molecular weight is 267 g/mol. The van der Waals surface area contributed by atoms with Crippen LogP contribution in [0.15, 0.2) is 12.1 Å². The van der Waals surface area contributed by atoms with Crippen LogP contribution in [0.4, 0.5) is 4.39 Å². The molecule has 0 aromatic heterocycles. The van der Waals surface area contributed by atoms with E-state index in [2.05, 4.69) is 0 Å². The molecule has 1 fully saturated rings. The van der Waals surface area contributed by atoms with E-state index in [-0.39, 0.29) is 11.9 Å². The van der Waals surface area contributed by atoms with Gasteiger partial charge >= 0.3 is 0 Å². The lowest BCUT2D eigenvalue weighted by atomic mass is 9.81. The van der Waals surface area contributed by atoms with E-state index in [0.29, 0.717) is 23.0 Å². The summed E-state index contributed by atoms with van der Waals surface area (Å²) in [5, 5.41) is 0. The largest absolute Gasteiger partial charge is 0.493 e. The minimum Gasteiger partial charge on any atom is -0.493 e. The van der Waals surface area contributed by atoms with Crippen molar-refractivity contribution >= 4 is 0 Å².